The summed E-state index contributed by atoms with van der Waals surface area (Å²) >= 11 is 0. The zero-order valence-corrected chi connectivity index (χ0v) is 20.1. The first-order valence-electron chi connectivity index (χ1n) is 11.5. The van der Waals surface area contributed by atoms with Gasteiger partial charge in [-0.2, -0.15) is 13.2 Å². The molecule has 36 heavy (non-hydrogen) atoms. The van der Waals surface area contributed by atoms with Gasteiger partial charge in [-0.1, -0.05) is 48.2 Å². The number of rotatable bonds is 12. The minimum absolute atomic E-state index is 0.185. The molecule has 0 aliphatic heterocycles. The van der Waals surface area contributed by atoms with Gasteiger partial charge in [0.1, 0.15) is 12.4 Å². The minimum Gasteiger partial charge on any atom is -0.487 e. The van der Waals surface area contributed by atoms with Crippen LogP contribution in [0.2, 0.25) is 0 Å². The molecule has 190 valence electrons. The topological polar surface area (TPSA) is 72.4 Å². The van der Waals surface area contributed by atoms with Crippen molar-refractivity contribution < 1.29 is 22.6 Å². The molecule has 1 aromatic heterocycles. The van der Waals surface area contributed by atoms with Crippen molar-refractivity contribution in [3.05, 3.63) is 95.5 Å². The summed E-state index contributed by atoms with van der Waals surface area (Å²) in [5.74, 6) is 1.02. The van der Waals surface area contributed by atoms with Crippen LogP contribution in [0, 0.1) is 0 Å². The Bertz CT molecular complexity index is 1140. The Labute approximate surface area is 208 Å². The number of alkyl halides is 3. The number of aliphatic imine (C=N–C) groups is 1. The third-order valence-electron chi connectivity index (χ3n) is 5.24. The molecule has 0 unspecified atom stereocenters. The highest BCUT2D eigenvalue weighted by Gasteiger charge is 2.27. The Morgan fingerprint density at radius 1 is 1.03 bits per heavy atom. The molecule has 3 aromatic rings. The highest BCUT2D eigenvalue weighted by Crippen LogP contribution is 2.21. The maximum absolute atomic E-state index is 12.5. The fourth-order valence-electron chi connectivity index (χ4n) is 3.39. The molecule has 0 radical (unpaired) electrons. The quantitative estimate of drug-likeness (QED) is 0.185. The van der Waals surface area contributed by atoms with E-state index in [1.165, 1.54) is 24.8 Å². The largest absolute Gasteiger partial charge is 0.487 e. The number of methoxy groups -OCH3 is 1. The normalized spacial score (nSPS) is 12.2. The monoisotopic (exact) mass is 498 g/mol. The van der Waals surface area contributed by atoms with Crippen molar-refractivity contribution in [3.8, 4) is 5.75 Å². The minimum atomic E-state index is -4.23. The molecule has 0 bridgehead atoms. The van der Waals surface area contributed by atoms with Crippen molar-refractivity contribution in [3.63, 3.8) is 0 Å². The molecular weight excluding hydrogens is 469 g/mol. The van der Waals surface area contributed by atoms with E-state index in [0.717, 1.165) is 36.9 Å². The number of hydrogen-bond donors (Lipinski definition) is 1. The molecule has 9 heteroatoms. The van der Waals surface area contributed by atoms with Gasteiger partial charge >= 0.3 is 6.18 Å². The average molecular weight is 499 g/mol. The fourth-order valence-corrected chi connectivity index (χ4v) is 3.39. The van der Waals surface area contributed by atoms with Crippen LogP contribution in [0.5, 0.6) is 5.75 Å². The molecule has 0 fully saturated rings. The number of aryl methyl sites for hydroxylation is 2. The first-order chi connectivity index (χ1) is 17.3. The molecule has 1 N–H and O–H groups in total. The Balaban J connectivity index is 1.43. The number of ether oxygens (including phenoxy) is 2. The lowest BCUT2D eigenvalue weighted by Crippen LogP contribution is -2.11. The van der Waals surface area contributed by atoms with Crippen LogP contribution >= 0.6 is 0 Å². The highest BCUT2D eigenvalue weighted by molar-refractivity contribution is 5.92. The van der Waals surface area contributed by atoms with Gasteiger partial charge in [0.15, 0.2) is 0 Å². The zero-order valence-electron chi connectivity index (χ0n) is 20.1. The van der Waals surface area contributed by atoms with E-state index in [4.69, 9.17) is 9.47 Å². The maximum atomic E-state index is 12.5. The number of aromatic nitrogens is 3. The highest BCUT2D eigenvalue weighted by atomic mass is 19.4. The van der Waals surface area contributed by atoms with Crippen LogP contribution in [0.1, 0.15) is 35.2 Å². The Morgan fingerprint density at radius 3 is 2.36 bits per heavy atom. The van der Waals surface area contributed by atoms with E-state index in [0.29, 0.717) is 17.3 Å². The molecule has 0 atom stereocenters. The summed E-state index contributed by atoms with van der Waals surface area (Å²) in [5, 5.41) is 10.4. The maximum Gasteiger partial charge on any atom is 0.393 e. The second-order valence-electron chi connectivity index (χ2n) is 8.21. The van der Waals surface area contributed by atoms with Crippen molar-refractivity contribution in [2.45, 2.75) is 38.3 Å². The number of halogens is 3. The predicted molar refractivity (Wildman–Crippen MR) is 134 cm³/mol. The molecule has 0 spiro atoms. The summed E-state index contributed by atoms with van der Waals surface area (Å²) < 4.78 is 48.5. The first-order valence-corrected chi connectivity index (χ1v) is 11.5. The standard InChI is InChI=1S/C27H29F3N4O2/c1-20(32-26(35-2)16-13-22-7-9-23(10-8-22)17-27(28,29)30)19-36-25-14-11-21(12-15-25)5-3-4-6-24-18-31-34-33-24/h7-16,18H,1,3-6,17,19H2,2H3,(H,31,33,34)/b16-13+,32-26-. The third-order valence-corrected chi connectivity index (χ3v) is 5.24. The molecule has 0 saturated carbocycles. The number of nitrogens with zero attached hydrogens (tertiary/aromatic N) is 3. The summed E-state index contributed by atoms with van der Waals surface area (Å²) in [6.07, 6.45) is 3.94. The van der Waals surface area contributed by atoms with Crippen LogP contribution in [-0.2, 0) is 24.0 Å². The smallest absolute Gasteiger partial charge is 0.393 e. The number of hydrogen-bond acceptors (Lipinski definition) is 5. The van der Waals surface area contributed by atoms with E-state index in [1.54, 1.807) is 30.5 Å². The van der Waals surface area contributed by atoms with Gasteiger partial charge in [0, 0.05) is 6.08 Å². The van der Waals surface area contributed by atoms with E-state index >= 15 is 0 Å². The average Bonchev–Trinajstić information content (AvgIpc) is 3.37. The second-order valence-corrected chi connectivity index (χ2v) is 8.21. The molecule has 3 rings (SSSR count). The predicted octanol–water partition coefficient (Wildman–Crippen LogP) is 6.13. The molecule has 6 nitrogen and oxygen atoms in total. The number of unbranched alkanes of at least 4 members (excludes halogenated alkanes) is 1. The SMILES string of the molecule is C=C(COc1ccc(CCCCc2cnn[nH]2)cc1)/N=C(/C=C/c1ccc(CC(F)(F)F)cc1)OC. The molecule has 0 saturated heterocycles. The summed E-state index contributed by atoms with van der Waals surface area (Å²) in [6.45, 7) is 4.09. The second kappa shape index (κ2) is 13.3. The van der Waals surface area contributed by atoms with Crippen LogP contribution in [0.15, 0.2) is 78.1 Å². The Kier molecular flexibility index (Phi) is 9.85. The van der Waals surface area contributed by atoms with Gasteiger partial charge in [0.2, 0.25) is 5.90 Å². The van der Waals surface area contributed by atoms with Gasteiger partial charge in [0.25, 0.3) is 0 Å². The van der Waals surface area contributed by atoms with Crippen molar-refractivity contribution in [1.82, 2.24) is 15.4 Å². The summed E-state index contributed by atoms with van der Waals surface area (Å²) in [6, 6.07) is 14.1. The van der Waals surface area contributed by atoms with E-state index in [-0.39, 0.29) is 12.2 Å². The van der Waals surface area contributed by atoms with E-state index in [9.17, 15) is 13.2 Å². The lowest BCUT2D eigenvalue weighted by Gasteiger charge is -2.08. The lowest BCUT2D eigenvalue weighted by atomic mass is 10.1. The third kappa shape index (κ3) is 9.77. The van der Waals surface area contributed by atoms with E-state index < -0.39 is 12.6 Å². The molecular formula is C27H29F3N4O2. The molecule has 2 aromatic carbocycles. The molecule has 0 aliphatic carbocycles. The Morgan fingerprint density at radius 2 is 1.72 bits per heavy atom. The van der Waals surface area contributed by atoms with Gasteiger partial charge in [-0.3, -0.25) is 5.10 Å². The summed E-state index contributed by atoms with van der Waals surface area (Å²) in [4.78, 5) is 4.31. The van der Waals surface area contributed by atoms with E-state index in [1.807, 2.05) is 24.3 Å². The first kappa shape index (κ1) is 26.7. The number of aromatic amines is 1. The van der Waals surface area contributed by atoms with Crippen molar-refractivity contribution >= 4 is 12.0 Å². The van der Waals surface area contributed by atoms with Crippen molar-refractivity contribution in [2.24, 2.45) is 4.99 Å². The summed E-state index contributed by atoms with van der Waals surface area (Å²) in [7, 11) is 1.48. The number of benzene rings is 2. The van der Waals surface area contributed by atoms with E-state index in [2.05, 4.69) is 27.0 Å². The van der Waals surface area contributed by atoms with Crippen LogP contribution < -0.4 is 4.74 Å². The fraction of sp³-hybridized carbons (Fsp3) is 0.296. The number of H-pyrrole nitrogens is 1. The van der Waals surface area contributed by atoms with Crippen molar-refractivity contribution in [2.75, 3.05) is 13.7 Å². The zero-order chi connectivity index (χ0) is 25.8. The van der Waals surface area contributed by atoms with Gasteiger partial charge in [-0.25, -0.2) is 4.99 Å². The van der Waals surface area contributed by atoms with Crippen LogP contribution in [-0.4, -0.2) is 41.2 Å². The van der Waals surface area contributed by atoms with Crippen LogP contribution in [0.25, 0.3) is 6.08 Å². The Hall–Kier alpha value is -3.88. The van der Waals surface area contributed by atoms with Gasteiger partial charge < -0.3 is 9.47 Å². The van der Waals surface area contributed by atoms with Crippen LogP contribution in [0.3, 0.4) is 0 Å². The molecule has 0 aliphatic rings. The van der Waals surface area contributed by atoms with Crippen molar-refractivity contribution in [1.29, 1.82) is 0 Å². The lowest BCUT2D eigenvalue weighted by molar-refractivity contribution is -0.127. The summed E-state index contributed by atoms with van der Waals surface area (Å²) in [5.41, 5.74) is 3.69. The van der Waals surface area contributed by atoms with Crippen LogP contribution in [0.4, 0.5) is 13.2 Å². The van der Waals surface area contributed by atoms with Gasteiger partial charge in [-0.15, -0.1) is 5.10 Å². The molecule has 1 heterocycles. The molecule has 0 amide bonds. The number of nitrogens with one attached hydrogen (secondary N) is 1. The van der Waals surface area contributed by atoms with Gasteiger partial charge in [0.05, 0.1) is 31.1 Å². The van der Waals surface area contributed by atoms with Gasteiger partial charge in [-0.05, 0) is 60.6 Å².